The monoisotopic (exact) mass is 360 g/mol. The smallest absolute Gasteiger partial charge is 0.283 e. The largest absolute Gasteiger partial charge is 0.507 e. The van der Waals surface area contributed by atoms with E-state index in [1.54, 1.807) is 12.1 Å². The highest BCUT2D eigenvalue weighted by atomic mass is 35.5. The Hall–Kier alpha value is -2.57. The molecule has 2 N–H and O–H groups in total. The molecule has 1 heterocycles. The lowest BCUT2D eigenvalue weighted by Gasteiger charge is -2.02. The van der Waals surface area contributed by atoms with Gasteiger partial charge in [0.05, 0.1) is 18.3 Å². The fraction of sp³-hybridized carbons (Fsp3) is 0.0588. The number of aromatic hydroxyl groups is 1. The summed E-state index contributed by atoms with van der Waals surface area (Å²) in [7, 11) is 1.51. The number of phenolic OH excluding ortho intramolecular Hbond substituents is 1. The lowest BCUT2D eigenvalue weighted by molar-refractivity contribution is 0.0959. The van der Waals surface area contributed by atoms with Gasteiger partial charge in [-0.05, 0) is 18.2 Å². The average Bonchev–Trinajstić information content (AvgIpc) is 2.93. The van der Waals surface area contributed by atoms with Crippen molar-refractivity contribution in [2.45, 2.75) is 0 Å². The first-order chi connectivity index (χ1) is 11.6. The number of nitrogens with one attached hydrogen (secondary N) is 1. The number of hydrogen-bond acceptors (Lipinski definition) is 5. The van der Waals surface area contributed by atoms with Gasteiger partial charge in [-0.15, -0.1) is 11.3 Å². The summed E-state index contributed by atoms with van der Waals surface area (Å²) < 4.78 is 5.94. The third-order valence-electron chi connectivity index (χ3n) is 3.35. The number of rotatable bonds is 4. The standard InChI is InChI=1S/C17H13ClN2O3S/c1-23-11-7-6-10(13(21)8-11)9-19-20-17(22)16-15(18)12-4-2-3-5-14(12)24-16/h2-9,21H,1H3,(H,20,22)/b19-9+. The molecule has 0 aliphatic rings. The highest BCUT2D eigenvalue weighted by Crippen LogP contribution is 2.34. The second kappa shape index (κ2) is 6.90. The van der Waals surface area contributed by atoms with Gasteiger partial charge in [-0.25, -0.2) is 5.43 Å². The molecule has 3 rings (SSSR count). The van der Waals surface area contributed by atoms with Gasteiger partial charge in [0.2, 0.25) is 0 Å². The summed E-state index contributed by atoms with van der Waals surface area (Å²) in [6.07, 6.45) is 1.36. The first-order valence-corrected chi connectivity index (χ1v) is 8.17. The molecule has 0 atom stereocenters. The molecule has 3 aromatic rings. The molecule has 0 unspecified atom stereocenters. The van der Waals surface area contributed by atoms with Crippen molar-refractivity contribution in [1.29, 1.82) is 0 Å². The topological polar surface area (TPSA) is 70.9 Å². The van der Waals surface area contributed by atoms with Crippen molar-refractivity contribution in [2.24, 2.45) is 5.10 Å². The summed E-state index contributed by atoms with van der Waals surface area (Å²) in [6.45, 7) is 0. The summed E-state index contributed by atoms with van der Waals surface area (Å²) >= 11 is 7.55. The Morgan fingerprint density at radius 2 is 2.12 bits per heavy atom. The van der Waals surface area contributed by atoms with Crippen molar-refractivity contribution >= 4 is 45.1 Å². The lowest BCUT2D eigenvalue weighted by atomic mass is 10.2. The zero-order valence-corrected chi connectivity index (χ0v) is 14.2. The SMILES string of the molecule is COc1ccc(/C=N/NC(=O)c2sc3ccccc3c2Cl)c(O)c1. The van der Waals surface area contributed by atoms with Crippen LogP contribution in [0.3, 0.4) is 0 Å². The number of benzene rings is 2. The summed E-state index contributed by atoms with van der Waals surface area (Å²) in [6, 6.07) is 12.3. The fourth-order valence-corrected chi connectivity index (χ4v) is 3.54. The van der Waals surface area contributed by atoms with Crippen LogP contribution in [0.25, 0.3) is 10.1 Å². The van der Waals surface area contributed by atoms with Gasteiger partial charge < -0.3 is 9.84 Å². The summed E-state index contributed by atoms with van der Waals surface area (Å²) in [5.74, 6) is 0.142. The van der Waals surface area contributed by atoms with E-state index in [9.17, 15) is 9.90 Å². The molecule has 0 aliphatic carbocycles. The Kier molecular flexibility index (Phi) is 4.69. The number of hydrazone groups is 1. The molecule has 5 nitrogen and oxygen atoms in total. The van der Waals surface area contributed by atoms with Crippen LogP contribution in [0.1, 0.15) is 15.2 Å². The van der Waals surface area contributed by atoms with E-state index in [4.69, 9.17) is 16.3 Å². The molecule has 0 saturated heterocycles. The number of halogens is 1. The molecule has 0 radical (unpaired) electrons. The predicted octanol–water partition coefficient (Wildman–Crippen LogP) is 4.03. The highest BCUT2D eigenvalue weighted by Gasteiger charge is 2.16. The number of carbonyl (C=O) groups is 1. The molecule has 1 aromatic heterocycles. The van der Waals surface area contributed by atoms with Crippen molar-refractivity contribution in [3.8, 4) is 11.5 Å². The Morgan fingerprint density at radius 3 is 2.83 bits per heavy atom. The van der Waals surface area contributed by atoms with E-state index in [1.807, 2.05) is 24.3 Å². The highest BCUT2D eigenvalue weighted by molar-refractivity contribution is 7.21. The van der Waals surface area contributed by atoms with Crippen molar-refractivity contribution in [1.82, 2.24) is 5.43 Å². The first-order valence-electron chi connectivity index (χ1n) is 6.97. The Bertz CT molecular complexity index is 937. The molecule has 1 amide bonds. The molecular weight excluding hydrogens is 348 g/mol. The van der Waals surface area contributed by atoms with Gasteiger partial charge in [-0.2, -0.15) is 5.10 Å². The number of phenols is 1. The number of nitrogens with zero attached hydrogens (tertiary/aromatic N) is 1. The zero-order chi connectivity index (χ0) is 17.1. The van der Waals surface area contributed by atoms with Crippen LogP contribution >= 0.6 is 22.9 Å². The van der Waals surface area contributed by atoms with E-state index in [0.29, 0.717) is 21.2 Å². The van der Waals surface area contributed by atoms with Crippen LogP contribution in [-0.2, 0) is 0 Å². The van der Waals surface area contributed by atoms with Crippen LogP contribution in [0.5, 0.6) is 11.5 Å². The molecule has 7 heteroatoms. The molecule has 122 valence electrons. The van der Waals surface area contributed by atoms with Crippen LogP contribution in [0.4, 0.5) is 0 Å². The average molecular weight is 361 g/mol. The second-order valence-electron chi connectivity index (χ2n) is 4.87. The zero-order valence-electron chi connectivity index (χ0n) is 12.6. The lowest BCUT2D eigenvalue weighted by Crippen LogP contribution is -2.16. The summed E-state index contributed by atoms with van der Waals surface area (Å²) in [5.41, 5.74) is 2.88. The van der Waals surface area contributed by atoms with Crippen molar-refractivity contribution in [3.63, 3.8) is 0 Å². The van der Waals surface area contributed by atoms with Crippen molar-refractivity contribution < 1.29 is 14.6 Å². The van der Waals surface area contributed by atoms with Crippen LogP contribution in [0, 0.1) is 0 Å². The minimum absolute atomic E-state index is 0.00671. The van der Waals surface area contributed by atoms with Crippen LogP contribution in [0.15, 0.2) is 47.6 Å². The van der Waals surface area contributed by atoms with Gasteiger partial charge in [0.15, 0.2) is 0 Å². The maximum absolute atomic E-state index is 12.2. The number of amides is 1. The van der Waals surface area contributed by atoms with Crippen molar-refractivity contribution in [2.75, 3.05) is 7.11 Å². The van der Waals surface area contributed by atoms with Gasteiger partial charge in [0.1, 0.15) is 16.4 Å². The third-order valence-corrected chi connectivity index (χ3v) is 5.02. The second-order valence-corrected chi connectivity index (χ2v) is 6.30. The van der Waals surface area contributed by atoms with E-state index in [-0.39, 0.29) is 5.75 Å². The van der Waals surface area contributed by atoms with Gasteiger partial charge in [-0.1, -0.05) is 29.8 Å². The third kappa shape index (κ3) is 3.20. The summed E-state index contributed by atoms with van der Waals surface area (Å²) in [4.78, 5) is 12.6. The van der Waals surface area contributed by atoms with Crippen molar-refractivity contribution in [3.05, 3.63) is 57.9 Å². The number of fused-ring (bicyclic) bond motifs is 1. The molecule has 0 aliphatic heterocycles. The molecular formula is C17H13ClN2O3S. The van der Waals surface area contributed by atoms with E-state index in [2.05, 4.69) is 10.5 Å². The Morgan fingerprint density at radius 1 is 1.33 bits per heavy atom. The van der Waals surface area contributed by atoms with Gasteiger partial charge in [-0.3, -0.25) is 4.79 Å². The van der Waals surface area contributed by atoms with Crippen LogP contribution < -0.4 is 10.2 Å². The maximum atomic E-state index is 12.2. The van der Waals surface area contributed by atoms with Crippen LogP contribution in [-0.4, -0.2) is 24.3 Å². The maximum Gasteiger partial charge on any atom is 0.283 e. The predicted molar refractivity (Wildman–Crippen MR) is 96.6 cm³/mol. The van der Waals surface area contributed by atoms with Gasteiger partial charge in [0, 0.05) is 21.7 Å². The normalized spacial score (nSPS) is 11.1. The minimum atomic E-state index is -0.398. The van der Waals surface area contributed by atoms with Gasteiger partial charge >= 0.3 is 0 Å². The first kappa shape index (κ1) is 16.3. The number of carbonyl (C=O) groups excluding carboxylic acids is 1. The van der Waals surface area contributed by atoms with Crippen LogP contribution in [0.2, 0.25) is 5.02 Å². The Balaban J connectivity index is 1.76. The fourth-order valence-electron chi connectivity index (χ4n) is 2.13. The molecule has 2 aromatic carbocycles. The number of methoxy groups -OCH3 is 1. The van der Waals surface area contributed by atoms with E-state index in [0.717, 1.165) is 10.1 Å². The van der Waals surface area contributed by atoms with Gasteiger partial charge in [0.25, 0.3) is 5.91 Å². The quantitative estimate of drug-likeness (QED) is 0.545. The van der Waals surface area contributed by atoms with E-state index < -0.39 is 5.91 Å². The molecule has 0 spiro atoms. The molecule has 0 bridgehead atoms. The number of thiophene rings is 1. The number of hydrogen-bond donors (Lipinski definition) is 2. The Labute approximate surface area is 147 Å². The number of ether oxygens (including phenoxy) is 1. The molecule has 0 fully saturated rings. The molecule has 24 heavy (non-hydrogen) atoms. The minimum Gasteiger partial charge on any atom is -0.507 e. The van der Waals surface area contributed by atoms with E-state index in [1.165, 1.54) is 30.7 Å². The summed E-state index contributed by atoms with van der Waals surface area (Å²) in [5, 5.41) is 15.0. The van der Waals surface area contributed by atoms with E-state index >= 15 is 0 Å². The molecule has 0 saturated carbocycles.